The summed E-state index contributed by atoms with van der Waals surface area (Å²) < 4.78 is 32.1. The third-order valence-electron chi connectivity index (χ3n) is 3.03. The van der Waals surface area contributed by atoms with Gasteiger partial charge in [-0.1, -0.05) is 35.0 Å². The number of benzene rings is 2. The van der Waals surface area contributed by atoms with Gasteiger partial charge in [-0.2, -0.15) is 0 Å². The Balaban J connectivity index is 2.24. The van der Waals surface area contributed by atoms with Crippen molar-refractivity contribution in [2.45, 2.75) is 0 Å². The van der Waals surface area contributed by atoms with Crippen LogP contribution in [0.1, 0.15) is 0 Å². The van der Waals surface area contributed by atoms with Gasteiger partial charge in [0.25, 0.3) is 0 Å². The number of nitrogens with zero attached hydrogens (tertiary/aromatic N) is 1. The second kappa shape index (κ2) is 5.18. The van der Waals surface area contributed by atoms with Crippen LogP contribution in [0, 0.1) is 11.6 Å². The molecule has 0 spiro atoms. The summed E-state index contributed by atoms with van der Waals surface area (Å²) in [6.07, 6.45) is 0. The second-order valence-electron chi connectivity index (χ2n) is 4.38. The second-order valence-corrected chi connectivity index (χ2v) is 4.76. The molecule has 0 atom stereocenters. The highest BCUT2D eigenvalue weighted by molar-refractivity contribution is 6.33. The first kappa shape index (κ1) is 13.6. The third-order valence-corrected chi connectivity index (χ3v) is 3.41. The van der Waals surface area contributed by atoms with E-state index >= 15 is 0 Å². The van der Waals surface area contributed by atoms with Crippen LogP contribution in [-0.2, 0) is 0 Å². The Bertz CT molecular complexity index is 817. The summed E-state index contributed by atoms with van der Waals surface area (Å²) in [5.41, 5.74) is 6.94. The first-order valence-electron chi connectivity index (χ1n) is 6.03. The van der Waals surface area contributed by atoms with Crippen molar-refractivity contribution in [3.63, 3.8) is 0 Å². The maximum absolute atomic E-state index is 13.6. The molecule has 0 bridgehead atoms. The molecule has 0 amide bonds. The zero-order valence-electron chi connectivity index (χ0n) is 10.6. The fraction of sp³-hybridized carbons (Fsp3) is 0. The van der Waals surface area contributed by atoms with Crippen LogP contribution in [-0.4, -0.2) is 5.16 Å². The van der Waals surface area contributed by atoms with Gasteiger partial charge in [-0.25, -0.2) is 8.78 Å². The zero-order valence-corrected chi connectivity index (χ0v) is 11.4. The lowest BCUT2D eigenvalue weighted by Gasteiger charge is -2.05. The number of aromatic nitrogens is 1. The van der Waals surface area contributed by atoms with E-state index in [0.717, 1.165) is 0 Å². The van der Waals surface area contributed by atoms with E-state index in [0.29, 0.717) is 16.7 Å². The predicted molar refractivity (Wildman–Crippen MR) is 76.7 cm³/mol. The van der Waals surface area contributed by atoms with Crippen molar-refractivity contribution in [2.75, 3.05) is 5.73 Å². The Kier molecular flexibility index (Phi) is 3.35. The SMILES string of the molecule is Nc1noc(-c2cccc(F)c2Cl)c1-c1cccc(F)c1. The number of hydrogen-bond donors (Lipinski definition) is 1. The molecule has 106 valence electrons. The standard InChI is InChI=1S/C15H9ClF2N2O/c16-13-10(5-2-6-11(13)18)14-12(15(19)20-21-14)8-3-1-4-9(17)7-8/h1-7H,(H2,19,20). The molecule has 21 heavy (non-hydrogen) atoms. The minimum atomic E-state index is -0.589. The molecule has 0 fully saturated rings. The Hall–Kier alpha value is -2.40. The van der Waals surface area contributed by atoms with Gasteiger partial charge >= 0.3 is 0 Å². The Morgan fingerprint density at radius 1 is 1.10 bits per heavy atom. The predicted octanol–water partition coefficient (Wildman–Crippen LogP) is 4.52. The number of nitrogens with two attached hydrogens (primary N) is 1. The van der Waals surface area contributed by atoms with Gasteiger partial charge in [-0.3, -0.25) is 0 Å². The Labute approximate surface area is 123 Å². The molecule has 0 saturated carbocycles. The maximum Gasteiger partial charge on any atom is 0.178 e. The number of anilines is 1. The lowest BCUT2D eigenvalue weighted by Crippen LogP contribution is -1.90. The molecular weight excluding hydrogens is 298 g/mol. The fourth-order valence-corrected chi connectivity index (χ4v) is 2.30. The molecule has 3 rings (SSSR count). The van der Waals surface area contributed by atoms with Gasteiger partial charge in [-0.05, 0) is 29.8 Å². The van der Waals surface area contributed by atoms with Gasteiger partial charge in [0.15, 0.2) is 11.6 Å². The van der Waals surface area contributed by atoms with Crippen molar-refractivity contribution in [1.29, 1.82) is 0 Å². The number of nitrogen functional groups attached to an aromatic ring is 1. The van der Waals surface area contributed by atoms with E-state index in [-0.39, 0.29) is 16.6 Å². The zero-order chi connectivity index (χ0) is 15.0. The highest BCUT2D eigenvalue weighted by Crippen LogP contribution is 2.40. The summed E-state index contributed by atoms with van der Waals surface area (Å²) in [6, 6.07) is 10.1. The molecule has 2 N–H and O–H groups in total. The van der Waals surface area contributed by atoms with Crippen molar-refractivity contribution in [1.82, 2.24) is 5.16 Å². The Morgan fingerprint density at radius 3 is 2.62 bits per heavy atom. The van der Waals surface area contributed by atoms with Crippen LogP contribution in [0.3, 0.4) is 0 Å². The summed E-state index contributed by atoms with van der Waals surface area (Å²) in [6.45, 7) is 0. The van der Waals surface area contributed by atoms with Gasteiger partial charge < -0.3 is 10.3 Å². The van der Waals surface area contributed by atoms with Crippen molar-refractivity contribution in [2.24, 2.45) is 0 Å². The quantitative estimate of drug-likeness (QED) is 0.757. The van der Waals surface area contributed by atoms with Gasteiger partial charge in [0.1, 0.15) is 11.6 Å². The van der Waals surface area contributed by atoms with Gasteiger partial charge in [-0.15, -0.1) is 0 Å². The van der Waals surface area contributed by atoms with E-state index in [2.05, 4.69) is 5.16 Å². The molecular formula is C15H9ClF2N2O. The monoisotopic (exact) mass is 306 g/mol. The fourth-order valence-electron chi connectivity index (χ4n) is 2.09. The maximum atomic E-state index is 13.6. The molecule has 0 radical (unpaired) electrons. The van der Waals surface area contributed by atoms with Crippen molar-refractivity contribution in [3.8, 4) is 22.5 Å². The molecule has 6 heteroatoms. The number of halogens is 3. The van der Waals surface area contributed by atoms with Crippen LogP contribution in [0.2, 0.25) is 5.02 Å². The number of rotatable bonds is 2. The van der Waals surface area contributed by atoms with E-state index in [4.69, 9.17) is 21.9 Å². The minimum absolute atomic E-state index is 0.0796. The molecule has 1 heterocycles. The normalized spacial score (nSPS) is 10.8. The van der Waals surface area contributed by atoms with Crippen molar-refractivity contribution in [3.05, 3.63) is 59.1 Å². The average molecular weight is 307 g/mol. The van der Waals surface area contributed by atoms with Crippen LogP contribution in [0.5, 0.6) is 0 Å². The van der Waals surface area contributed by atoms with Crippen LogP contribution in [0.15, 0.2) is 47.0 Å². The summed E-state index contributed by atoms with van der Waals surface area (Å²) in [5, 5.41) is 3.56. The number of hydrogen-bond acceptors (Lipinski definition) is 3. The van der Waals surface area contributed by atoms with Crippen molar-refractivity contribution < 1.29 is 13.3 Å². The lowest BCUT2D eigenvalue weighted by molar-refractivity contribution is 0.436. The molecule has 2 aromatic carbocycles. The Morgan fingerprint density at radius 2 is 1.86 bits per heavy atom. The van der Waals surface area contributed by atoms with E-state index < -0.39 is 11.6 Å². The lowest BCUT2D eigenvalue weighted by atomic mass is 10.0. The molecule has 0 aliphatic rings. The molecule has 0 aliphatic heterocycles. The molecule has 3 nitrogen and oxygen atoms in total. The topological polar surface area (TPSA) is 52.0 Å². The van der Waals surface area contributed by atoms with E-state index in [1.807, 2.05) is 0 Å². The first-order chi connectivity index (χ1) is 10.1. The summed E-state index contributed by atoms with van der Waals surface area (Å²) in [5.74, 6) is -0.739. The highest BCUT2D eigenvalue weighted by Gasteiger charge is 2.21. The molecule has 0 unspecified atom stereocenters. The van der Waals surface area contributed by atoms with Crippen LogP contribution >= 0.6 is 11.6 Å². The van der Waals surface area contributed by atoms with E-state index in [1.54, 1.807) is 12.1 Å². The van der Waals surface area contributed by atoms with Gasteiger partial charge in [0.05, 0.1) is 10.6 Å². The largest absolute Gasteiger partial charge is 0.380 e. The first-order valence-corrected chi connectivity index (χ1v) is 6.41. The average Bonchev–Trinajstić information content (AvgIpc) is 2.83. The van der Waals surface area contributed by atoms with E-state index in [1.165, 1.54) is 30.3 Å². The van der Waals surface area contributed by atoms with Crippen LogP contribution < -0.4 is 5.73 Å². The van der Waals surface area contributed by atoms with Crippen LogP contribution in [0.25, 0.3) is 22.5 Å². The molecule has 0 aliphatic carbocycles. The molecule has 0 saturated heterocycles. The minimum Gasteiger partial charge on any atom is -0.380 e. The van der Waals surface area contributed by atoms with E-state index in [9.17, 15) is 8.78 Å². The highest BCUT2D eigenvalue weighted by atomic mass is 35.5. The summed E-state index contributed by atoms with van der Waals surface area (Å²) in [7, 11) is 0. The van der Waals surface area contributed by atoms with Gasteiger partial charge in [0.2, 0.25) is 0 Å². The molecule has 1 aromatic heterocycles. The van der Waals surface area contributed by atoms with Crippen LogP contribution in [0.4, 0.5) is 14.6 Å². The summed E-state index contributed by atoms with van der Waals surface area (Å²) >= 11 is 5.95. The molecule has 3 aromatic rings. The van der Waals surface area contributed by atoms with Crippen molar-refractivity contribution >= 4 is 17.4 Å². The van der Waals surface area contributed by atoms with Gasteiger partial charge in [0, 0.05) is 5.56 Å². The summed E-state index contributed by atoms with van der Waals surface area (Å²) in [4.78, 5) is 0. The smallest absolute Gasteiger partial charge is 0.178 e. The third kappa shape index (κ3) is 2.36.